The molecule has 0 aliphatic heterocycles. The second kappa shape index (κ2) is 6.82. The maximum Gasteiger partial charge on any atom is 0.326 e. The van der Waals surface area contributed by atoms with E-state index in [0.29, 0.717) is 6.42 Å². The van der Waals surface area contributed by atoms with E-state index in [-0.39, 0.29) is 24.7 Å². The molecule has 0 radical (unpaired) electrons. The lowest BCUT2D eigenvalue weighted by Gasteiger charge is -2.15. The van der Waals surface area contributed by atoms with E-state index in [1.165, 1.54) is 0 Å². The molecule has 0 spiro atoms. The number of carbonyl (C=O) groups is 2. The van der Waals surface area contributed by atoms with Crippen LogP contribution >= 0.6 is 0 Å². The zero-order valence-corrected chi connectivity index (χ0v) is 8.99. The number of aliphatic carboxylic acids is 1. The molecule has 0 rings (SSSR count). The van der Waals surface area contributed by atoms with E-state index in [1.807, 2.05) is 19.9 Å². The van der Waals surface area contributed by atoms with E-state index in [1.54, 1.807) is 0 Å². The maximum absolute atomic E-state index is 11.2. The lowest BCUT2D eigenvalue weighted by molar-refractivity contribution is -0.142. The zero-order valence-electron chi connectivity index (χ0n) is 8.99. The van der Waals surface area contributed by atoms with Crippen molar-refractivity contribution >= 4 is 11.9 Å². The molecule has 0 saturated heterocycles. The SMILES string of the molecule is CC(C)CC(NC(=O)CCC#N)C(=O)O. The molecule has 0 bridgehead atoms. The van der Waals surface area contributed by atoms with Crippen LogP contribution in [0.3, 0.4) is 0 Å². The van der Waals surface area contributed by atoms with Gasteiger partial charge in [-0.25, -0.2) is 4.79 Å². The molecule has 0 aromatic carbocycles. The third-order valence-electron chi connectivity index (χ3n) is 1.80. The Balaban J connectivity index is 4.12. The van der Waals surface area contributed by atoms with Crippen LogP contribution in [0.1, 0.15) is 33.1 Å². The third kappa shape index (κ3) is 6.49. The number of nitrogens with zero attached hydrogens (tertiary/aromatic N) is 1. The van der Waals surface area contributed by atoms with Gasteiger partial charge in [-0.2, -0.15) is 5.26 Å². The van der Waals surface area contributed by atoms with E-state index in [0.717, 1.165) is 0 Å². The van der Waals surface area contributed by atoms with E-state index < -0.39 is 12.0 Å². The normalized spacial score (nSPS) is 11.9. The predicted molar refractivity (Wildman–Crippen MR) is 53.9 cm³/mol. The molecule has 5 heteroatoms. The summed E-state index contributed by atoms with van der Waals surface area (Å²) in [6, 6.07) is 0.983. The fourth-order valence-electron chi connectivity index (χ4n) is 1.13. The standard InChI is InChI=1S/C10H16N2O3/c1-7(2)6-8(10(14)15)12-9(13)4-3-5-11/h7-8H,3-4,6H2,1-2H3,(H,12,13)(H,14,15). The van der Waals surface area contributed by atoms with Crippen LogP contribution in [0.2, 0.25) is 0 Å². The minimum absolute atomic E-state index is 0.0539. The van der Waals surface area contributed by atoms with Gasteiger partial charge in [-0.15, -0.1) is 0 Å². The number of amides is 1. The van der Waals surface area contributed by atoms with Gasteiger partial charge in [-0.05, 0) is 12.3 Å². The van der Waals surface area contributed by atoms with Crippen LogP contribution in [0.5, 0.6) is 0 Å². The minimum Gasteiger partial charge on any atom is -0.480 e. The number of hydrogen-bond acceptors (Lipinski definition) is 3. The average Bonchev–Trinajstić information content (AvgIpc) is 2.12. The van der Waals surface area contributed by atoms with Gasteiger partial charge in [-0.3, -0.25) is 4.79 Å². The number of carboxylic acids is 1. The summed E-state index contributed by atoms with van der Waals surface area (Å²) in [7, 11) is 0. The molecule has 84 valence electrons. The molecular formula is C10H16N2O3. The van der Waals surface area contributed by atoms with Crippen molar-refractivity contribution in [3.05, 3.63) is 0 Å². The zero-order chi connectivity index (χ0) is 11.8. The number of carboxylic acid groups (broad SMARTS) is 1. The first-order valence-corrected chi connectivity index (χ1v) is 4.86. The van der Waals surface area contributed by atoms with E-state index >= 15 is 0 Å². The Morgan fingerprint density at radius 1 is 1.47 bits per heavy atom. The van der Waals surface area contributed by atoms with Crippen LogP contribution < -0.4 is 5.32 Å². The highest BCUT2D eigenvalue weighted by Crippen LogP contribution is 2.05. The highest BCUT2D eigenvalue weighted by molar-refractivity contribution is 5.83. The summed E-state index contributed by atoms with van der Waals surface area (Å²) in [6.07, 6.45) is 0.561. The van der Waals surface area contributed by atoms with Gasteiger partial charge in [0.05, 0.1) is 6.07 Å². The van der Waals surface area contributed by atoms with Crippen LogP contribution in [0.15, 0.2) is 0 Å². The summed E-state index contributed by atoms with van der Waals surface area (Å²) < 4.78 is 0. The molecule has 0 saturated carbocycles. The first-order valence-electron chi connectivity index (χ1n) is 4.86. The maximum atomic E-state index is 11.2. The lowest BCUT2D eigenvalue weighted by Crippen LogP contribution is -2.41. The lowest BCUT2D eigenvalue weighted by atomic mass is 10.0. The summed E-state index contributed by atoms with van der Waals surface area (Å²) >= 11 is 0. The van der Waals surface area contributed by atoms with Gasteiger partial charge in [0.25, 0.3) is 0 Å². The second-order valence-electron chi connectivity index (χ2n) is 3.75. The van der Waals surface area contributed by atoms with Crippen molar-refractivity contribution in [1.82, 2.24) is 5.32 Å². The second-order valence-corrected chi connectivity index (χ2v) is 3.75. The molecule has 0 aliphatic carbocycles. The first kappa shape index (κ1) is 13.4. The van der Waals surface area contributed by atoms with Gasteiger partial charge < -0.3 is 10.4 Å². The highest BCUT2D eigenvalue weighted by atomic mass is 16.4. The summed E-state index contributed by atoms with van der Waals surface area (Å²) in [4.78, 5) is 21.9. The average molecular weight is 212 g/mol. The number of carbonyl (C=O) groups excluding carboxylic acids is 1. The summed E-state index contributed by atoms with van der Waals surface area (Å²) in [5.74, 6) is -1.22. The van der Waals surface area contributed by atoms with Crippen molar-refractivity contribution in [2.75, 3.05) is 0 Å². The first-order chi connectivity index (χ1) is 6.97. The fraction of sp³-hybridized carbons (Fsp3) is 0.700. The van der Waals surface area contributed by atoms with Crippen molar-refractivity contribution in [2.24, 2.45) is 5.92 Å². The summed E-state index contributed by atoms with van der Waals surface area (Å²) in [5.41, 5.74) is 0. The molecule has 1 unspecified atom stereocenters. The smallest absolute Gasteiger partial charge is 0.326 e. The van der Waals surface area contributed by atoms with Crippen LogP contribution in [-0.4, -0.2) is 23.0 Å². The molecule has 5 nitrogen and oxygen atoms in total. The highest BCUT2D eigenvalue weighted by Gasteiger charge is 2.20. The molecule has 1 amide bonds. The molecule has 2 N–H and O–H groups in total. The van der Waals surface area contributed by atoms with Crippen molar-refractivity contribution in [3.8, 4) is 6.07 Å². The molecule has 0 aromatic heterocycles. The predicted octanol–water partition coefficient (Wildman–Crippen LogP) is 0.906. The molecule has 0 aliphatic rings. The summed E-state index contributed by atoms with van der Waals surface area (Å²) in [6.45, 7) is 3.77. The van der Waals surface area contributed by atoms with Gasteiger partial charge in [0, 0.05) is 12.8 Å². The van der Waals surface area contributed by atoms with Crippen molar-refractivity contribution in [2.45, 2.75) is 39.2 Å². The molecule has 15 heavy (non-hydrogen) atoms. The van der Waals surface area contributed by atoms with Crippen LogP contribution in [0, 0.1) is 17.2 Å². The van der Waals surface area contributed by atoms with Crippen LogP contribution in [0.4, 0.5) is 0 Å². The Labute approximate surface area is 89.1 Å². The Hall–Kier alpha value is -1.57. The van der Waals surface area contributed by atoms with Gasteiger partial charge in [-0.1, -0.05) is 13.8 Å². The monoisotopic (exact) mass is 212 g/mol. The molecule has 1 atom stereocenters. The topological polar surface area (TPSA) is 90.2 Å². The Morgan fingerprint density at radius 3 is 2.47 bits per heavy atom. The third-order valence-corrected chi connectivity index (χ3v) is 1.80. The molecule has 0 fully saturated rings. The van der Waals surface area contributed by atoms with E-state index in [4.69, 9.17) is 10.4 Å². The van der Waals surface area contributed by atoms with Gasteiger partial charge in [0.1, 0.15) is 6.04 Å². The van der Waals surface area contributed by atoms with Crippen LogP contribution in [-0.2, 0) is 9.59 Å². The van der Waals surface area contributed by atoms with Gasteiger partial charge >= 0.3 is 5.97 Å². The Morgan fingerprint density at radius 2 is 2.07 bits per heavy atom. The fourth-order valence-corrected chi connectivity index (χ4v) is 1.13. The number of hydrogen-bond donors (Lipinski definition) is 2. The quantitative estimate of drug-likeness (QED) is 0.684. The Bertz CT molecular complexity index is 268. The van der Waals surface area contributed by atoms with Gasteiger partial charge in [0.2, 0.25) is 5.91 Å². The molecule has 0 aromatic rings. The largest absolute Gasteiger partial charge is 0.480 e. The van der Waals surface area contributed by atoms with E-state index in [2.05, 4.69) is 5.32 Å². The van der Waals surface area contributed by atoms with Crippen molar-refractivity contribution < 1.29 is 14.7 Å². The van der Waals surface area contributed by atoms with Crippen molar-refractivity contribution in [1.29, 1.82) is 5.26 Å². The minimum atomic E-state index is -1.03. The number of nitrogens with one attached hydrogen (secondary N) is 1. The number of rotatable bonds is 6. The van der Waals surface area contributed by atoms with Crippen molar-refractivity contribution in [3.63, 3.8) is 0 Å². The summed E-state index contributed by atoms with van der Waals surface area (Å²) in [5, 5.41) is 19.5. The molecular weight excluding hydrogens is 196 g/mol. The number of nitriles is 1. The van der Waals surface area contributed by atoms with E-state index in [9.17, 15) is 9.59 Å². The Kier molecular flexibility index (Phi) is 6.11. The molecule has 0 heterocycles. The van der Waals surface area contributed by atoms with Crippen LogP contribution in [0.25, 0.3) is 0 Å². The van der Waals surface area contributed by atoms with Gasteiger partial charge in [0.15, 0.2) is 0 Å².